The molecule has 1 aromatic heterocycles. The van der Waals surface area contributed by atoms with Crippen molar-refractivity contribution < 1.29 is 0 Å². The number of thioether (sulfide) groups is 1. The van der Waals surface area contributed by atoms with E-state index < -0.39 is 0 Å². The minimum absolute atomic E-state index is 0.547. The van der Waals surface area contributed by atoms with Gasteiger partial charge in [0, 0.05) is 31.1 Å². The van der Waals surface area contributed by atoms with Gasteiger partial charge in [0.05, 0.1) is 11.4 Å². The molecular weight excluding hydrogens is 318 g/mol. The Morgan fingerprint density at radius 2 is 2.04 bits per heavy atom. The van der Waals surface area contributed by atoms with E-state index in [1.807, 2.05) is 29.4 Å². The average Bonchev–Trinajstić information content (AvgIpc) is 2.93. The molecule has 2 rings (SSSR count). The first kappa shape index (κ1) is 18.4. The van der Waals surface area contributed by atoms with Gasteiger partial charge in [-0.25, -0.2) is 4.68 Å². The molecule has 0 aliphatic carbocycles. The predicted molar refractivity (Wildman–Crippen MR) is 104 cm³/mol. The van der Waals surface area contributed by atoms with Crippen molar-refractivity contribution in [1.29, 1.82) is 0 Å². The third-order valence-electron chi connectivity index (χ3n) is 3.86. The number of hydrogen-bond donors (Lipinski definition) is 2. The van der Waals surface area contributed by atoms with Gasteiger partial charge in [-0.3, -0.25) is 4.99 Å². The van der Waals surface area contributed by atoms with E-state index in [1.165, 1.54) is 5.56 Å². The molecular formula is C18H27N5S. The maximum Gasteiger partial charge on any atom is 0.191 e. The predicted octanol–water partition coefficient (Wildman–Crippen LogP) is 2.91. The highest BCUT2D eigenvalue weighted by molar-refractivity contribution is 7.99. The van der Waals surface area contributed by atoms with Gasteiger partial charge in [-0.15, -0.1) is 0 Å². The number of nitrogens with zero attached hydrogens (tertiary/aromatic N) is 3. The number of hydrogen-bond acceptors (Lipinski definition) is 3. The van der Waals surface area contributed by atoms with E-state index in [4.69, 9.17) is 0 Å². The Balaban J connectivity index is 2.09. The maximum absolute atomic E-state index is 4.60. The van der Waals surface area contributed by atoms with Crippen LogP contribution in [-0.4, -0.2) is 40.8 Å². The van der Waals surface area contributed by atoms with Gasteiger partial charge in [-0.2, -0.15) is 16.9 Å². The summed E-state index contributed by atoms with van der Waals surface area (Å²) in [6.45, 7) is 7.88. The number of aromatic nitrogens is 2. The molecule has 0 aliphatic rings. The summed E-state index contributed by atoms with van der Waals surface area (Å²) in [5.41, 5.74) is 4.45. The highest BCUT2D eigenvalue weighted by Crippen LogP contribution is 2.16. The Kier molecular flexibility index (Phi) is 6.73. The van der Waals surface area contributed by atoms with Crippen molar-refractivity contribution in [1.82, 2.24) is 20.4 Å². The lowest BCUT2D eigenvalue weighted by Gasteiger charge is -2.16. The average molecular weight is 346 g/mol. The summed E-state index contributed by atoms with van der Waals surface area (Å²) in [6.07, 6.45) is 2.12. The highest BCUT2D eigenvalue weighted by atomic mass is 32.2. The zero-order valence-corrected chi connectivity index (χ0v) is 15.9. The zero-order chi connectivity index (χ0) is 17.5. The summed E-state index contributed by atoms with van der Waals surface area (Å²) in [6, 6.07) is 10.4. The lowest BCUT2D eigenvalue weighted by Crippen LogP contribution is -2.39. The fourth-order valence-corrected chi connectivity index (χ4v) is 2.71. The molecule has 6 heteroatoms. The molecule has 0 aliphatic heterocycles. The van der Waals surface area contributed by atoms with Crippen molar-refractivity contribution >= 4 is 17.7 Å². The molecule has 5 nitrogen and oxygen atoms in total. The number of guanidine groups is 1. The van der Waals surface area contributed by atoms with E-state index in [0.29, 0.717) is 11.8 Å². The molecule has 130 valence electrons. The van der Waals surface area contributed by atoms with Crippen LogP contribution < -0.4 is 10.6 Å². The Labute approximate surface area is 148 Å². The molecule has 0 radical (unpaired) electrons. The number of aliphatic imine (C=N–C) groups is 1. The van der Waals surface area contributed by atoms with Crippen LogP contribution in [0.4, 0.5) is 0 Å². The van der Waals surface area contributed by atoms with Gasteiger partial charge in [0.2, 0.25) is 0 Å². The van der Waals surface area contributed by atoms with E-state index in [9.17, 15) is 0 Å². The number of nitrogens with one attached hydrogen (secondary N) is 2. The second-order valence-electron chi connectivity index (χ2n) is 5.82. The molecule has 1 unspecified atom stereocenters. The van der Waals surface area contributed by atoms with Crippen LogP contribution in [0.25, 0.3) is 5.69 Å². The largest absolute Gasteiger partial charge is 0.355 e. The van der Waals surface area contributed by atoms with Gasteiger partial charge < -0.3 is 10.6 Å². The number of benzene rings is 1. The van der Waals surface area contributed by atoms with Crippen LogP contribution in [0.15, 0.2) is 35.3 Å². The summed E-state index contributed by atoms with van der Waals surface area (Å²) < 4.78 is 2.00. The molecule has 1 atom stereocenters. The second-order valence-corrected chi connectivity index (χ2v) is 7.10. The minimum atomic E-state index is 0.547. The van der Waals surface area contributed by atoms with Crippen LogP contribution in [0.3, 0.4) is 0 Å². The standard InChI is InChI=1S/C18H27N5S/c1-13-10-14(2)23(22-13)17-9-7-6-8-16(17)12-21-18(19-4)20-11-15(3)24-5/h6-10,15H,11-12H2,1-5H3,(H2,19,20,21). The van der Waals surface area contributed by atoms with Gasteiger partial charge in [0.1, 0.15) is 0 Å². The zero-order valence-electron chi connectivity index (χ0n) is 15.1. The number of para-hydroxylation sites is 1. The van der Waals surface area contributed by atoms with Crippen LogP contribution in [0.5, 0.6) is 0 Å². The molecule has 0 saturated carbocycles. The van der Waals surface area contributed by atoms with Gasteiger partial charge in [-0.1, -0.05) is 25.1 Å². The lowest BCUT2D eigenvalue weighted by molar-refractivity contribution is 0.773. The van der Waals surface area contributed by atoms with Gasteiger partial charge in [0.15, 0.2) is 5.96 Å². The highest BCUT2D eigenvalue weighted by Gasteiger charge is 2.09. The van der Waals surface area contributed by atoms with Crippen molar-refractivity contribution in [3.63, 3.8) is 0 Å². The molecule has 0 spiro atoms. The van der Waals surface area contributed by atoms with E-state index in [0.717, 1.165) is 29.6 Å². The smallest absolute Gasteiger partial charge is 0.191 e. The first-order valence-electron chi connectivity index (χ1n) is 8.14. The molecule has 2 aromatic rings. The Morgan fingerprint density at radius 1 is 1.29 bits per heavy atom. The Hall–Kier alpha value is -1.95. The summed E-state index contributed by atoms with van der Waals surface area (Å²) in [7, 11) is 1.80. The molecule has 0 bridgehead atoms. The van der Waals surface area contributed by atoms with Crippen molar-refractivity contribution in [2.24, 2.45) is 4.99 Å². The summed E-state index contributed by atoms with van der Waals surface area (Å²) in [4.78, 5) is 4.30. The van der Waals surface area contributed by atoms with Crippen LogP contribution in [0.2, 0.25) is 0 Å². The fraction of sp³-hybridized carbons (Fsp3) is 0.444. The monoisotopic (exact) mass is 345 g/mol. The molecule has 1 aromatic carbocycles. The van der Waals surface area contributed by atoms with E-state index in [-0.39, 0.29) is 0 Å². The van der Waals surface area contributed by atoms with Crippen LogP contribution in [0, 0.1) is 13.8 Å². The Morgan fingerprint density at radius 3 is 2.67 bits per heavy atom. The molecule has 0 fully saturated rings. The Bertz CT molecular complexity index is 692. The fourth-order valence-electron chi connectivity index (χ4n) is 2.46. The summed E-state index contributed by atoms with van der Waals surface area (Å²) in [5, 5.41) is 11.9. The summed E-state index contributed by atoms with van der Waals surface area (Å²) in [5.74, 6) is 0.819. The van der Waals surface area contributed by atoms with Crippen molar-refractivity contribution in [2.45, 2.75) is 32.6 Å². The maximum atomic E-state index is 4.60. The quantitative estimate of drug-likeness (QED) is 0.624. The first-order valence-corrected chi connectivity index (χ1v) is 9.42. The second kappa shape index (κ2) is 8.78. The minimum Gasteiger partial charge on any atom is -0.355 e. The number of aryl methyl sites for hydroxylation is 2. The lowest BCUT2D eigenvalue weighted by atomic mass is 10.1. The van der Waals surface area contributed by atoms with Crippen molar-refractivity contribution in [2.75, 3.05) is 19.8 Å². The SMILES string of the molecule is CN=C(NCc1ccccc1-n1nc(C)cc1C)NCC(C)SC. The van der Waals surface area contributed by atoms with Crippen LogP contribution >= 0.6 is 11.8 Å². The molecule has 24 heavy (non-hydrogen) atoms. The molecule has 0 amide bonds. The summed E-state index contributed by atoms with van der Waals surface area (Å²) >= 11 is 1.84. The third kappa shape index (κ3) is 4.77. The van der Waals surface area contributed by atoms with Gasteiger partial charge >= 0.3 is 0 Å². The van der Waals surface area contributed by atoms with Crippen LogP contribution in [-0.2, 0) is 6.54 Å². The first-order chi connectivity index (χ1) is 11.5. The number of rotatable bonds is 6. The molecule has 1 heterocycles. The van der Waals surface area contributed by atoms with E-state index >= 15 is 0 Å². The van der Waals surface area contributed by atoms with Gasteiger partial charge in [-0.05, 0) is 37.8 Å². The van der Waals surface area contributed by atoms with E-state index in [2.05, 4.69) is 65.1 Å². The van der Waals surface area contributed by atoms with Gasteiger partial charge in [0.25, 0.3) is 0 Å². The molecule has 0 saturated heterocycles. The van der Waals surface area contributed by atoms with Crippen LogP contribution in [0.1, 0.15) is 23.9 Å². The van der Waals surface area contributed by atoms with Crippen molar-refractivity contribution in [3.8, 4) is 5.69 Å². The molecule has 2 N–H and O–H groups in total. The topological polar surface area (TPSA) is 54.2 Å². The third-order valence-corrected chi connectivity index (χ3v) is 4.83. The van der Waals surface area contributed by atoms with E-state index in [1.54, 1.807) is 7.05 Å². The normalized spacial score (nSPS) is 13.0. The van der Waals surface area contributed by atoms with Crippen molar-refractivity contribution in [3.05, 3.63) is 47.3 Å².